The third-order valence-electron chi connectivity index (χ3n) is 6.17. The van der Waals surface area contributed by atoms with E-state index in [-0.39, 0.29) is 17.4 Å². The SMILES string of the molecule is Cc1ccc2nc(N3C(=O)C(=O)/C(=C(/O)c4ccc5c(c4)C[C@H](C)O5)[C@@H]3c3cccs3)sc2c1. The summed E-state index contributed by atoms with van der Waals surface area (Å²) in [6, 6.07) is 14.3. The topological polar surface area (TPSA) is 79.7 Å². The van der Waals surface area contributed by atoms with E-state index in [1.54, 1.807) is 12.1 Å². The predicted octanol–water partition coefficient (Wildman–Crippen LogP) is 5.62. The smallest absolute Gasteiger partial charge is 0.301 e. The van der Waals surface area contributed by atoms with E-state index in [4.69, 9.17) is 4.74 Å². The number of rotatable bonds is 3. The monoisotopic (exact) mass is 488 g/mol. The fraction of sp³-hybridized carbons (Fsp3) is 0.192. The molecule has 0 saturated carbocycles. The third-order valence-corrected chi connectivity index (χ3v) is 8.11. The van der Waals surface area contributed by atoms with Gasteiger partial charge in [-0.1, -0.05) is 23.5 Å². The number of aliphatic hydroxyl groups excluding tert-OH is 1. The molecule has 2 aliphatic rings. The summed E-state index contributed by atoms with van der Waals surface area (Å²) in [6.07, 6.45) is 0.788. The molecule has 4 heterocycles. The van der Waals surface area contributed by atoms with E-state index in [0.717, 1.165) is 38.4 Å². The molecular formula is C26H20N2O4S2. The highest BCUT2D eigenvalue weighted by molar-refractivity contribution is 7.22. The lowest BCUT2D eigenvalue weighted by molar-refractivity contribution is -0.132. The van der Waals surface area contributed by atoms with Crippen molar-refractivity contribution in [3.05, 3.63) is 81.1 Å². The van der Waals surface area contributed by atoms with Crippen molar-refractivity contribution in [2.24, 2.45) is 0 Å². The van der Waals surface area contributed by atoms with E-state index in [1.165, 1.54) is 27.6 Å². The number of aromatic nitrogens is 1. The van der Waals surface area contributed by atoms with Crippen LogP contribution < -0.4 is 9.64 Å². The number of Topliss-reactive ketones (excluding diaryl/α,β-unsaturated/α-hetero) is 1. The molecule has 170 valence electrons. The molecule has 0 unspecified atom stereocenters. The molecule has 6 rings (SSSR count). The van der Waals surface area contributed by atoms with Gasteiger partial charge in [0, 0.05) is 16.9 Å². The Labute approximate surface area is 203 Å². The van der Waals surface area contributed by atoms with E-state index in [2.05, 4.69) is 4.98 Å². The standard InChI is InChI=1S/C26H20N2O4S2/c1-13-5-7-17-20(10-13)34-26(27-17)28-22(19-4-3-9-33-19)21(24(30)25(28)31)23(29)15-6-8-18-16(12-15)11-14(2)32-18/h3-10,12,14,22,29H,11H2,1-2H3/b23-21+/t14-,22-/m0/s1. The molecule has 0 spiro atoms. The van der Waals surface area contributed by atoms with Crippen molar-refractivity contribution in [1.29, 1.82) is 0 Å². The summed E-state index contributed by atoms with van der Waals surface area (Å²) in [5.41, 5.74) is 3.41. The van der Waals surface area contributed by atoms with Gasteiger partial charge in [0.05, 0.1) is 15.8 Å². The Kier molecular flexibility index (Phi) is 4.82. The van der Waals surface area contributed by atoms with Gasteiger partial charge in [0.25, 0.3) is 5.78 Å². The molecule has 0 radical (unpaired) electrons. The number of carbonyl (C=O) groups excluding carboxylic acids is 2. The number of ketones is 1. The summed E-state index contributed by atoms with van der Waals surface area (Å²) in [4.78, 5) is 33.5. The molecule has 1 N–H and O–H groups in total. The van der Waals surface area contributed by atoms with Crippen LogP contribution in [0.25, 0.3) is 16.0 Å². The highest BCUT2D eigenvalue weighted by Gasteiger charge is 2.48. The van der Waals surface area contributed by atoms with Crippen molar-refractivity contribution in [2.75, 3.05) is 4.90 Å². The van der Waals surface area contributed by atoms with Crippen LogP contribution in [0.15, 0.2) is 59.5 Å². The molecule has 4 aromatic rings. The number of thiazole rings is 1. The van der Waals surface area contributed by atoms with Crippen LogP contribution in [0, 0.1) is 6.92 Å². The van der Waals surface area contributed by atoms with E-state index < -0.39 is 17.7 Å². The van der Waals surface area contributed by atoms with Crippen molar-refractivity contribution in [2.45, 2.75) is 32.4 Å². The minimum absolute atomic E-state index is 0.0618. The number of fused-ring (bicyclic) bond motifs is 2. The van der Waals surface area contributed by atoms with Gasteiger partial charge in [0.2, 0.25) is 0 Å². The van der Waals surface area contributed by atoms with Crippen molar-refractivity contribution in [3.8, 4) is 5.75 Å². The lowest BCUT2D eigenvalue weighted by atomic mass is 9.98. The van der Waals surface area contributed by atoms with Crippen LogP contribution in [-0.2, 0) is 16.0 Å². The number of hydrogen-bond acceptors (Lipinski definition) is 7. The highest BCUT2D eigenvalue weighted by Crippen LogP contribution is 2.46. The Morgan fingerprint density at radius 2 is 2.03 bits per heavy atom. The second kappa shape index (κ2) is 7.78. The van der Waals surface area contributed by atoms with Gasteiger partial charge in [-0.2, -0.15) is 0 Å². The number of amides is 1. The van der Waals surface area contributed by atoms with Crippen LogP contribution in [0.2, 0.25) is 0 Å². The second-order valence-corrected chi connectivity index (χ2v) is 10.6. The number of thiophene rings is 1. The minimum Gasteiger partial charge on any atom is -0.507 e. The van der Waals surface area contributed by atoms with Crippen LogP contribution in [0.4, 0.5) is 5.13 Å². The molecule has 1 amide bonds. The van der Waals surface area contributed by atoms with Crippen LogP contribution >= 0.6 is 22.7 Å². The third kappa shape index (κ3) is 3.25. The zero-order valence-electron chi connectivity index (χ0n) is 18.4. The minimum atomic E-state index is -0.745. The Bertz CT molecular complexity index is 1500. The highest BCUT2D eigenvalue weighted by atomic mass is 32.1. The zero-order valence-corrected chi connectivity index (χ0v) is 20.1. The van der Waals surface area contributed by atoms with Crippen LogP contribution in [0.1, 0.15) is 34.5 Å². The zero-order chi connectivity index (χ0) is 23.6. The summed E-state index contributed by atoms with van der Waals surface area (Å²) in [5.74, 6) is -0.798. The lowest BCUT2D eigenvalue weighted by Gasteiger charge is -2.21. The Hall–Kier alpha value is -3.49. The number of ether oxygens (including phenoxy) is 1. The summed E-state index contributed by atoms with van der Waals surface area (Å²) >= 11 is 2.80. The number of aliphatic hydroxyl groups is 1. The first kappa shape index (κ1) is 21.1. The van der Waals surface area contributed by atoms with Crippen LogP contribution in [0.5, 0.6) is 5.75 Å². The van der Waals surface area contributed by atoms with Gasteiger partial charge < -0.3 is 9.84 Å². The van der Waals surface area contributed by atoms with E-state index >= 15 is 0 Å². The van der Waals surface area contributed by atoms with Crippen LogP contribution in [-0.4, -0.2) is 27.9 Å². The van der Waals surface area contributed by atoms with Gasteiger partial charge in [-0.05, 0) is 66.8 Å². The fourth-order valence-electron chi connectivity index (χ4n) is 4.59. The average Bonchev–Trinajstić information content (AvgIpc) is 3.58. The summed E-state index contributed by atoms with van der Waals surface area (Å²) in [7, 11) is 0. The normalized spacial score (nSPS) is 21.3. The first-order valence-electron chi connectivity index (χ1n) is 10.9. The summed E-state index contributed by atoms with van der Waals surface area (Å²) < 4.78 is 6.70. The van der Waals surface area contributed by atoms with E-state index in [1.807, 2.05) is 55.6 Å². The second-order valence-electron chi connectivity index (χ2n) is 8.61. The molecule has 1 saturated heterocycles. The molecule has 2 aromatic heterocycles. The molecule has 8 heteroatoms. The first-order chi connectivity index (χ1) is 16.4. The first-order valence-corrected chi connectivity index (χ1v) is 12.6. The van der Waals surface area contributed by atoms with Gasteiger partial charge in [-0.3, -0.25) is 14.5 Å². The Morgan fingerprint density at radius 3 is 2.82 bits per heavy atom. The summed E-state index contributed by atoms with van der Waals surface area (Å²) in [5, 5.41) is 13.7. The molecular weight excluding hydrogens is 468 g/mol. The Balaban J connectivity index is 1.51. The van der Waals surface area contributed by atoms with Crippen molar-refractivity contribution < 1.29 is 19.4 Å². The number of anilines is 1. The summed E-state index contributed by atoms with van der Waals surface area (Å²) in [6.45, 7) is 3.99. The van der Waals surface area contributed by atoms with Gasteiger partial charge in [-0.25, -0.2) is 4.98 Å². The maximum atomic E-state index is 13.3. The van der Waals surface area contributed by atoms with E-state index in [9.17, 15) is 14.7 Å². The number of carbonyl (C=O) groups is 2. The number of benzene rings is 2. The van der Waals surface area contributed by atoms with E-state index in [0.29, 0.717) is 10.7 Å². The quantitative estimate of drug-likeness (QED) is 0.230. The molecule has 1 fully saturated rings. The van der Waals surface area contributed by atoms with Gasteiger partial charge in [0.1, 0.15) is 23.7 Å². The molecule has 34 heavy (non-hydrogen) atoms. The Morgan fingerprint density at radius 1 is 1.18 bits per heavy atom. The molecule has 2 aliphatic heterocycles. The maximum absolute atomic E-state index is 13.3. The predicted molar refractivity (Wildman–Crippen MR) is 134 cm³/mol. The van der Waals surface area contributed by atoms with Gasteiger partial charge in [-0.15, -0.1) is 11.3 Å². The van der Waals surface area contributed by atoms with Crippen molar-refractivity contribution >= 4 is 55.5 Å². The molecule has 0 bridgehead atoms. The molecule has 0 aliphatic carbocycles. The lowest BCUT2D eigenvalue weighted by Crippen LogP contribution is -2.28. The maximum Gasteiger partial charge on any atom is 0.301 e. The number of aryl methyl sites for hydroxylation is 1. The largest absolute Gasteiger partial charge is 0.507 e. The number of nitrogens with zero attached hydrogens (tertiary/aromatic N) is 2. The molecule has 2 aromatic carbocycles. The number of hydrogen-bond donors (Lipinski definition) is 1. The van der Waals surface area contributed by atoms with Gasteiger partial charge >= 0.3 is 5.91 Å². The average molecular weight is 489 g/mol. The van der Waals surface area contributed by atoms with Crippen LogP contribution in [0.3, 0.4) is 0 Å². The fourth-order valence-corrected chi connectivity index (χ4v) is 6.51. The molecule has 6 nitrogen and oxygen atoms in total. The van der Waals surface area contributed by atoms with Crippen molar-refractivity contribution in [1.82, 2.24) is 4.98 Å². The molecule has 2 atom stereocenters. The van der Waals surface area contributed by atoms with Crippen molar-refractivity contribution in [3.63, 3.8) is 0 Å². The van der Waals surface area contributed by atoms with Gasteiger partial charge in [0.15, 0.2) is 5.13 Å².